The maximum Gasteiger partial charge on any atom is 0.251 e. The molecule has 4 aliphatic rings. The Labute approximate surface area is 429 Å². The van der Waals surface area contributed by atoms with E-state index in [4.69, 9.17) is 20.9 Å². The minimum Gasteiger partial charge on any atom is -0.384 e. The molecule has 12 nitrogen and oxygen atoms in total. The number of anilines is 2. The van der Waals surface area contributed by atoms with Gasteiger partial charge in [-0.25, -0.2) is 9.97 Å². The summed E-state index contributed by atoms with van der Waals surface area (Å²) < 4.78 is 12.7. The molecular weight excluding hydrogens is 921 g/mol. The van der Waals surface area contributed by atoms with Crippen molar-refractivity contribution in [3.8, 4) is 12.1 Å². The van der Waals surface area contributed by atoms with Crippen molar-refractivity contribution in [3.63, 3.8) is 0 Å². The number of ether oxygens (including phenoxy) is 2. The summed E-state index contributed by atoms with van der Waals surface area (Å²) in [5, 5.41) is 24.5. The largest absolute Gasteiger partial charge is 0.384 e. The van der Waals surface area contributed by atoms with Gasteiger partial charge in [-0.15, -0.1) is 0 Å². The molecule has 12 rings (SSSR count). The molecule has 0 fully saturated rings. The molecule has 6 aromatic carbocycles. The maximum atomic E-state index is 13.0. The highest BCUT2D eigenvalue weighted by Gasteiger charge is 2.44. The van der Waals surface area contributed by atoms with Crippen LogP contribution in [0.2, 0.25) is 0 Å². The van der Waals surface area contributed by atoms with Gasteiger partial charge in [0.05, 0.1) is 23.3 Å². The summed E-state index contributed by atoms with van der Waals surface area (Å²) in [6.45, 7) is 8.54. The molecule has 2 aromatic heterocycles. The van der Waals surface area contributed by atoms with Crippen molar-refractivity contribution in [1.82, 2.24) is 20.6 Å². The Morgan fingerprint density at radius 3 is 1.26 bits per heavy atom. The average Bonchev–Trinajstić information content (AvgIpc) is 4.21. The molecule has 2 amide bonds. The number of nitrogen functional groups attached to an aromatic ring is 2. The molecule has 0 radical (unpaired) electrons. The van der Waals surface area contributed by atoms with Crippen LogP contribution in [-0.2, 0) is 35.4 Å². The maximum absolute atomic E-state index is 13.0. The second kappa shape index (κ2) is 19.2. The van der Waals surface area contributed by atoms with Gasteiger partial charge in [-0.05, 0) is 190 Å². The van der Waals surface area contributed by atoms with E-state index in [2.05, 4.69) is 69.1 Å². The van der Waals surface area contributed by atoms with Crippen LogP contribution in [0.4, 0.5) is 11.6 Å². The summed E-state index contributed by atoms with van der Waals surface area (Å²) in [5.74, 6) is 0.709. The lowest BCUT2D eigenvalue weighted by molar-refractivity contribution is 0.0855. The smallest absolute Gasteiger partial charge is 0.251 e. The number of rotatable bonds is 10. The molecule has 8 aromatic rings. The fourth-order valence-electron chi connectivity index (χ4n) is 11.1. The van der Waals surface area contributed by atoms with E-state index in [1.807, 2.05) is 125 Å². The number of nitrogens with two attached hydrogens (primary N) is 2. The van der Waals surface area contributed by atoms with Crippen molar-refractivity contribution in [2.75, 3.05) is 11.5 Å². The third kappa shape index (κ3) is 8.91. The number of pyridine rings is 2. The first-order chi connectivity index (χ1) is 35.8. The highest BCUT2D eigenvalue weighted by atomic mass is 16.5. The van der Waals surface area contributed by atoms with Gasteiger partial charge >= 0.3 is 0 Å². The molecule has 4 atom stereocenters. The zero-order valence-electron chi connectivity index (χ0n) is 41.4. The molecule has 6 N–H and O–H groups in total. The van der Waals surface area contributed by atoms with E-state index in [-0.39, 0.29) is 36.2 Å². The van der Waals surface area contributed by atoms with Gasteiger partial charge in [-0.1, -0.05) is 72.8 Å². The number of amides is 2. The van der Waals surface area contributed by atoms with Crippen LogP contribution in [0.15, 0.2) is 133 Å². The van der Waals surface area contributed by atoms with Gasteiger partial charge in [-0.2, -0.15) is 10.5 Å². The van der Waals surface area contributed by atoms with E-state index in [1.54, 1.807) is 0 Å². The quantitative estimate of drug-likeness (QED) is 0.102. The monoisotopic (exact) mass is 972 g/mol. The van der Waals surface area contributed by atoms with E-state index >= 15 is 0 Å². The van der Waals surface area contributed by atoms with Crippen molar-refractivity contribution < 1.29 is 19.1 Å². The van der Waals surface area contributed by atoms with E-state index in [9.17, 15) is 20.1 Å². The molecule has 364 valence electrons. The van der Waals surface area contributed by atoms with Crippen LogP contribution >= 0.6 is 0 Å². The van der Waals surface area contributed by atoms with Crippen molar-refractivity contribution >= 4 is 23.5 Å². The van der Waals surface area contributed by atoms with Crippen molar-refractivity contribution in [2.24, 2.45) is 0 Å². The number of hydrogen-bond donors (Lipinski definition) is 4. The third-order valence-corrected chi connectivity index (χ3v) is 14.7. The summed E-state index contributed by atoms with van der Waals surface area (Å²) in [6.07, 6.45) is 0.935. The van der Waals surface area contributed by atoms with E-state index in [0.717, 1.165) is 91.0 Å². The van der Waals surface area contributed by atoms with Crippen LogP contribution in [0.3, 0.4) is 0 Å². The third-order valence-electron chi connectivity index (χ3n) is 14.7. The van der Waals surface area contributed by atoms with E-state index in [0.29, 0.717) is 47.0 Å². The van der Waals surface area contributed by atoms with Gasteiger partial charge in [0.2, 0.25) is 0 Å². The Morgan fingerprint density at radius 2 is 0.851 bits per heavy atom. The molecule has 4 unspecified atom stereocenters. The Kier molecular flexibility index (Phi) is 12.3. The highest BCUT2D eigenvalue weighted by molar-refractivity contribution is 5.95. The minimum absolute atomic E-state index is 0.103. The first-order valence-electron chi connectivity index (χ1n) is 24.7. The van der Waals surface area contributed by atoms with Gasteiger partial charge in [0.25, 0.3) is 11.8 Å². The van der Waals surface area contributed by atoms with E-state index in [1.165, 1.54) is 22.3 Å². The summed E-state index contributed by atoms with van der Waals surface area (Å²) in [6, 6.07) is 48.2. The second-order valence-corrected chi connectivity index (χ2v) is 19.6. The van der Waals surface area contributed by atoms with Crippen molar-refractivity contribution in [1.29, 1.82) is 10.5 Å². The number of benzene rings is 6. The molecule has 6 heterocycles. The summed E-state index contributed by atoms with van der Waals surface area (Å²) in [4.78, 5) is 34.7. The molecule has 4 bridgehead atoms. The molecular formula is C62H52N8O4. The van der Waals surface area contributed by atoms with E-state index < -0.39 is 0 Å². The predicted molar refractivity (Wildman–Crippen MR) is 282 cm³/mol. The topological polar surface area (TPSA) is 202 Å². The van der Waals surface area contributed by atoms with Gasteiger partial charge in [0.1, 0.15) is 36.1 Å². The van der Waals surface area contributed by atoms with Gasteiger partial charge < -0.3 is 31.6 Å². The molecule has 74 heavy (non-hydrogen) atoms. The summed E-state index contributed by atoms with van der Waals surface area (Å²) in [7, 11) is 0. The van der Waals surface area contributed by atoms with Crippen LogP contribution in [-0.4, -0.2) is 21.8 Å². The number of aromatic nitrogens is 2. The number of aryl methyl sites for hydroxylation is 4. The van der Waals surface area contributed by atoms with Crippen LogP contribution in [0.5, 0.6) is 0 Å². The van der Waals surface area contributed by atoms with Gasteiger partial charge in [0, 0.05) is 35.6 Å². The van der Waals surface area contributed by atoms with Crippen LogP contribution in [0.25, 0.3) is 0 Å². The number of fused-ring (bicyclic) bond motifs is 16. The van der Waals surface area contributed by atoms with Crippen LogP contribution < -0.4 is 22.1 Å². The molecule has 12 heteroatoms. The molecule has 0 aliphatic carbocycles. The minimum atomic E-state index is -0.182. The number of hydrogen-bond acceptors (Lipinski definition) is 10. The van der Waals surface area contributed by atoms with Crippen LogP contribution in [0.1, 0.15) is 157 Å². The zero-order valence-corrected chi connectivity index (χ0v) is 41.4. The summed E-state index contributed by atoms with van der Waals surface area (Å²) in [5.41, 5.74) is 33.4. The predicted octanol–water partition coefficient (Wildman–Crippen LogP) is 10.4. The lowest BCUT2D eigenvalue weighted by Gasteiger charge is -2.18. The van der Waals surface area contributed by atoms with Crippen molar-refractivity contribution in [2.45, 2.75) is 78.0 Å². The Bertz CT molecular complexity index is 3670. The fourth-order valence-corrected chi connectivity index (χ4v) is 11.1. The van der Waals surface area contributed by atoms with Crippen molar-refractivity contribution in [3.05, 3.63) is 256 Å². The Morgan fingerprint density at radius 1 is 0.486 bits per heavy atom. The average molecular weight is 973 g/mol. The second-order valence-electron chi connectivity index (χ2n) is 19.6. The Balaban J connectivity index is 0.000000159. The lowest BCUT2D eigenvalue weighted by atomic mass is 9.84. The SMILES string of the molecule is Cc1cc(N)nc(C)c1CNC(=O)c1ccc2c(c1)C1OC2c2cc(Cc3cccc(C#N)c3)ccc21.Cc1cc(N)nc(C)c1CNC(=O)c1ccc2c(c1)C1OC2c2ccc(Cc3cccc(C#N)c3)cc21. The van der Waals surface area contributed by atoms with Crippen LogP contribution in [0, 0.1) is 50.4 Å². The number of nitrogens with zero attached hydrogens (tertiary/aromatic N) is 4. The number of nitrogens with one attached hydrogen (secondary N) is 2. The number of nitriles is 2. The molecule has 4 aliphatic heterocycles. The van der Waals surface area contributed by atoms with Gasteiger partial charge in [-0.3, -0.25) is 9.59 Å². The van der Waals surface area contributed by atoms with Gasteiger partial charge in [0.15, 0.2) is 0 Å². The normalized spacial score (nSPS) is 16.7. The fraction of sp³-hybridized carbons (Fsp3) is 0.194. The molecule has 0 spiro atoms. The zero-order chi connectivity index (χ0) is 51.4. The summed E-state index contributed by atoms with van der Waals surface area (Å²) >= 11 is 0. The first-order valence-corrected chi connectivity index (χ1v) is 24.7. The number of carbonyl (C=O) groups is 2. The molecule has 0 saturated heterocycles. The molecule has 0 saturated carbocycles. The number of carbonyl (C=O) groups excluding carboxylic acids is 2. The Hall–Kier alpha value is -8.94. The first kappa shape index (κ1) is 47.4. The highest BCUT2D eigenvalue weighted by Crippen LogP contribution is 2.55. The standard InChI is InChI=1S/2C31H26N4O2/c1-17-10-28(33)35-18(2)27(17)16-34-31(36)22-7-9-24-26(14-22)30-23-8-6-20(13-25(23)29(24)37-30)11-19-4-3-5-21(12-19)15-32;1-17-10-28(33)35-18(2)27(17)16-34-31(36)22-7-9-24-26(14-22)30-25-13-20(6-8-23(25)29(24)37-30)11-19-4-3-5-21(12-19)15-32/h2*3-10,12-14,29-30H,11,16H2,1-2H3,(H2,33,35)(H,34,36). The lowest BCUT2D eigenvalue weighted by Crippen LogP contribution is -2.24.